The van der Waals surface area contributed by atoms with E-state index in [1.54, 1.807) is 0 Å². The van der Waals surface area contributed by atoms with Crippen molar-refractivity contribution in [1.29, 1.82) is 0 Å². The van der Waals surface area contributed by atoms with Crippen LogP contribution in [0.25, 0.3) is 11.4 Å². The average molecular weight is 271 g/mol. The lowest BCUT2D eigenvalue weighted by Crippen LogP contribution is -2.38. The van der Waals surface area contributed by atoms with Gasteiger partial charge in [0, 0.05) is 30.8 Å². The van der Waals surface area contributed by atoms with Gasteiger partial charge < -0.3 is 4.57 Å². The number of hydrogen-bond donors (Lipinski definition) is 0. The van der Waals surface area contributed by atoms with Gasteiger partial charge in [0.2, 0.25) is 5.69 Å². The minimum absolute atomic E-state index is 1.35. The zero-order chi connectivity index (χ0) is 15.4. The van der Waals surface area contributed by atoms with E-state index in [9.17, 15) is 0 Å². The van der Waals surface area contributed by atoms with E-state index in [2.05, 4.69) is 71.7 Å². The van der Waals surface area contributed by atoms with E-state index in [1.807, 2.05) is 0 Å². The van der Waals surface area contributed by atoms with Crippen molar-refractivity contribution in [2.24, 2.45) is 14.1 Å². The fourth-order valence-corrected chi connectivity index (χ4v) is 3.19. The molecule has 0 unspecified atom stereocenters. The van der Waals surface area contributed by atoms with E-state index < -0.39 is 0 Å². The van der Waals surface area contributed by atoms with Crippen LogP contribution >= 0.6 is 0 Å². The fraction of sp³-hybridized carbons (Fsp3) is 0.500. The minimum Gasteiger partial charge on any atom is -0.343 e. The maximum Gasteiger partial charge on any atom is 0.232 e. The molecule has 0 radical (unpaired) electrons. The first kappa shape index (κ1) is 14.8. The molecule has 108 valence electrons. The molecule has 0 N–H and O–H groups in total. The van der Waals surface area contributed by atoms with Crippen LogP contribution in [-0.4, -0.2) is 4.57 Å². The third-order valence-corrected chi connectivity index (χ3v) is 5.38. The summed E-state index contributed by atoms with van der Waals surface area (Å²) in [4.78, 5) is 0. The Morgan fingerprint density at radius 1 is 0.700 bits per heavy atom. The molecule has 0 atom stereocenters. The molecule has 2 heteroatoms. The molecule has 0 aliphatic rings. The first-order valence-corrected chi connectivity index (χ1v) is 7.29. The number of pyridine rings is 1. The first-order chi connectivity index (χ1) is 9.20. The van der Waals surface area contributed by atoms with Gasteiger partial charge in [0.25, 0.3) is 0 Å². The Morgan fingerprint density at radius 3 is 1.70 bits per heavy atom. The van der Waals surface area contributed by atoms with Crippen molar-refractivity contribution in [3.63, 3.8) is 0 Å². The summed E-state index contributed by atoms with van der Waals surface area (Å²) in [6.07, 6.45) is 0. The standard InChI is InChI=1S/C18H27N2/c1-10-11(2)15(6)19(8)17(13(10)4)18-14(5)12(3)16(7)20(18)9/h1-9H3/q+1. The SMILES string of the molecule is Cc1c(C)c(C)[n+](C)c(-c2c(C)c(C)c(C)n2C)c1C. The second-order valence-electron chi connectivity index (χ2n) is 6.11. The molecule has 0 aromatic carbocycles. The summed E-state index contributed by atoms with van der Waals surface area (Å²) in [7, 11) is 4.36. The normalized spacial score (nSPS) is 11.2. The van der Waals surface area contributed by atoms with Crippen LogP contribution in [0, 0.1) is 48.5 Å². The van der Waals surface area contributed by atoms with Crippen LogP contribution in [0.5, 0.6) is 0 Å². The monoisotopic (exact) mass is 271 g/mol. The van der Waals surface area contributed by atoms with Crippen molar-refractivity contribution in [1.82, 2.24) is 4.57 Å². The van der Waals surface area contributed by atoms with Gasteiger partial charge >= 0.3 is 0 Å². The predicted octanol–water partition coefficient (Wildman–Crippen LogP) is 3.68. The maximum absolute atomic E-state index is 2.35. The molecular weight excluding hydrogens is 244 g/mol. The highest BCUT2D eigenvalue weighted by atomic mass is 15.0. The molecule has 2 heterocycles. The molecule has 0 bridgehead atoms. The topological polar surface area (TPSA) is 8.81 Å². The Labute approximate surface area is 123 Å². The Balaban J connectivity index is 2.95. The molecule has 0 saturated carbocycles. The lowest BCUT2D eigenvalue weighted by atomic mass is 9.98. The van der Waals surface area contributed by atoms with Crippen molar-refractivity contribution in [3.05, 3.63) is 39.2 Å². The Morgan fingerprint density at radius 2 is 1.25 bits per heavy atom. The second kappa shape index (κ2) is 4.76. The Bertz CT molecular complexity index is 649. The van der Waals surface area contributed by atoms with Gasteiger partial charge in [-0.05, 0) is 58.2 Å². The number of rotatable bonds is 1. The zero-order valence-electron chi connectivity index (χ0n) is 14.4. The highest BCUT2D eigenvalue weighted by molar-refractivity contribution is 5.66. The largest absolute Gasteiger partial charge is 0.343 e. The van der Waals surface area contributed by atoms with Crippen molar-refractivity contribution in [2.45, 2.75) is 48.5 Å². The van der Waals surface area contributed by atoms with E-state index >= 15 is 0 Å². The molecule has 0 aliphatic heterocycles. The van der Waals surface area contributed by atoms with Crippen LogP contribution < -0.4 is 4.57 Å². The summed E-state index contributed by atoms with van der Waals surface area (Å²) in [6.45, 7) is 15.6. The molecule has 20 heavy (non-hydrogen) atoms. The van der Waals surface area contributed by atoms with Crippen LogP contribution in [0.3, 0.4) is 0 Å². The van der Waals surface area contributed by atoms with Crippen LogP contribution in [-0.2, 0) is 14.1 Å². The molecule has 0 fully saturated rings. The van der Waals surface area contributed by atoms with Gasteiger partial charge in [-0.2, -0.15) is 4.57 Å². The summed E-state index contributed by atoms with van der Waals surface area (Å²) in [5.41, 5.74) is 12.4. The van der Waals surface area contributed by atoms with Crippen molar-refractivity contribution in [2.75, 3.05) is 0 Å². The smallest absolute Gasteiger partial charge is 0.232 e. The second-order valence-corrected chi connectivity index (χ2v) is 6.11. The van der Waals surface area contributed by atoms with Crippen LogP contribution in [0.15, 0.2) is 0 Å². The molecular formula is C18H27N2+. The van der Waals surface area contributed by atoms with E-state index in [1.165, 1.54) is 50.6 Å². The highest BCUT2D eigenvalue weighted by Crippen LogP contribution is 2.31. The van der Waals surface area contributed by atoms with Crippen LogP contribution in [0.4, 0.5) is 0 Å². The van der Waals surface area contributed by atoms with Gasteiger partial charge in [-0.3, -0.25) is 0 Å². The average Bonchev–Trinajstić information content (AvgIpc) is 2.61. The molecule has 2 aromatic rings. The molecule has 0 spiro atoms. The van der Waals surface area contributed by atoms with Crippen LogP contribution in [0.1, 0.15) is 39.2 Å². The van der Waals surface area contributed by atoms with Crippen LogP contribution in [0.2, 0.25) is 0 Å². The summed E-state index contributed by atoms with van der Waals surface area (Å²) in [6, 6.07) is 0. The molecule has 0 aliphatic carbocycles. The lowest BCUT2D eigenvalue weighted by Gasteiger charge is -2.14. The van der Waals surface area contributed by atoms with Gasteiger partial charge in [0.05, 0.1) is 0 Å². The maximum atomic E-state index is 2.35. The fourth-order valence-electron chi connectivity index (χ4n) is 3.19. The quantitative estimate of drug-likeness (QED) is 0.700. The molecule has 0 amide bonds. The van der Waals surface area contributed by atoms with Gasteiger partial charge in [-0.1, -0.05) is 0 Å². The van der Waals surface area contributed by atoms with Gasteiger partial charge in [0.1, 0.15) is 12.7 Å². The Kier molecular flexibility index (Phi) is 3.53. The summed E-state index contributed by atoms with van der Waals surface area (Å²) < 4.78 is 4.68. The highest BCUT2D eigenvalue weighted by Gasteiger charge is 2.26. The van der Waals surface area contributed by atoms with E-state index in [0.717, 1.165) is 0 Å². The van der Waals surface area contributed by atoms with Gasteiger partial charge in [0.15, 0.2) is 5.69 Å². The number of aromatic nitrogens is 2. The summed E-state index contributed by atoms with van der Waals surface area (Å²) in [5.74, 6) is 0. The molecule has 2 rings (SSSR count). The van der Waals surface area contributed by atoms with E-state index in [-0.39, 0.29) is 0 Å². The summed E-state index contributed by atoms with van der Waals surface area (Å²) in [5, 5.41) is 0. The minimum atomic E-state index is 1.35. The van der Waals surface area contributed by atoms with Crippen molar-refractivity contribution < 1.29 is 4.57 Å². The number of nitrogens with zero attached hydrogens (tertiary/aromatic N) is 2. The van der Waals surface area contributed by atoms with Gasteiger partial charge in [-0.25, -0.2) is 0 Å². The first-order valence-electron chi connectivity index (χ1n) is 7.29. The molecule has 2 aromatic heterocycles. The summed E-state index contributed by atoms with van der Waals surface area (Å²) >= 11 is 0. The predicted molar refractivity (Wildman–Crippen MR) is 85.2 cm³/mol. The third kappa shape index (κ3) is 1.81. The van der Waals surface area contributed by atoms with Gasteiger partial charge in [-0.15, -0.1) is 0 Å². The molecule has 0 saturated heterocycles. The van der Waals surface area contributed by atoms with E-state index in [0.29, 0.717) is 0 Å². The Hall–Kier alpha value is -1.57. The third-order valence-electron chi connectivity index (χ3n) is 5.38. The zero-order valence-corrected chi connectivity index (χ0v) is 14.4. The van der Waals surface area contributed by atoms with E-state index in [4.69, 9.17) is 0 Å². The number of hydrogen-bond acceptors (Lipinski definition) is 0. The van der Waals surface area contributed by atoms with Crippen molar-refractivity contribution in [3.8, 4) is 11.4 Å². The lowest BCUT2D eigenvalue weighted by molar-refractivity contribution is -0.667. The van der Waals surface area contributed by atoms with Crippen molar-refractivity contribution >= 4 is 0 Å². The molecule has 2 nitrogen and oxygen atoms in total.